The fraction of sp³-hybridized carbons (Fsp3) is 0.188. The summed E-state index contributed by atoms with van der Waals surface area (Å²) in [5.41, 5.74) is 8.20. The number of para-hydroxylation sites is 1. The Hall–Kier alpha value is -1.95. The van der Waals surface area contributed by atoms with Crippen molar-refractivity contribution in [2.24, 2.45) is 0 Å². The van der Waals surface area contributed by atoms with Crippen molar-refractivity contribution in [3.05, 3.63) is 52.3 Å². The first kappa shape index (κ1) is 15.9. The van der Waals surface area contributed by atoms with E-state index in [0.717, 1.165) is 11.0 Å². The predicted octanol–water partition coefficient (Wildman–Crippen LogP) is 3.50. The Morgan fingerprint density at radius 1 is 1.22 bits per heavy atom. The van der Waals surface area contributed by atoms with Gasteiger partial charge in [-0.15, -0.1) is 0 Å². The summed E-state index contributed by atoms with van der Waals surface area (Å²) < 4.78 is 7.59. The van der Waals surface area contributed by atoms with Crippen LogP contribution in [0.15, 0.2) is 36.4 Å². The van der Waals surface area contributed by atoms with Gasteiger partial charge >= 0.3 is 0 Å². The molecule has 0 aliphatic rings. The van der Waals surface area contributed by atoms with Crippen LogP contribution in [0.25, 0.3) is 11.0 Å². The molecule has 0 spiro atoms. The number of hydrogen-bond donors (Lipinski definition) is 2. The predicted molar refractivity (Wildman–Crippen MR) is 92.0 cm³/mol. The van der Waals surface area contributed by atoms with E-state index in [2.05, 4.69) is 4.98 Å². The largest absolute Gasteiger partial charge is 0.484 e. The fourth-order valence-electron chi connectivity index (χ4n) is 2.45. The maximum Gasteiger partial charge on any atom is 0.148 e. The van der Waals surface area contributed by atoms with Crippen LogP contribution in [0, 0.1) is 0 Å². The summed E-state index contributed by atoms with van der Waals surface area (Å²) in [6, 6.07) is 10.5. The number of halogens is 2. The van der Waals surface area contributed by atoms with Crippen molar-refractivity contribution in [3.8, 4) is 5.75 Å². The number of nitrogens with two attached hydrogens (primary N) is 1. The highest BCUT2D eigenvalue weighted by molar-refractivity contribution is 6.35. The van der Waals surface area contributed by atoms with Gasteiger partial charge in [-0.1, -0.05) is 29.3 Å². The first-order valence-corrected chi connectivity index (χ1v) is 7.78. The molecule has 0 radical (unpaired) electrons. The minimum Gasteiger partial charge on any atom is -0.484 e. The number of aromatic nitrogens is 2. The summed E-state index contributed by atoms with van der Waals surface area (Å²) in [4.78, 5) is 4.53. The molecule has 0 aliphatic heterocycles. The van der Waals surface area contributed by atoms with Crippen LogP contribution in [0.3, 0.4) is 0 Å². The van der Waals surface area contributed by atoms with E-state index in [1.165, 1.54) is 0 Å². The molecule has 23 heavy (non-hydrogen) atoms. The van der Waals surface area contributed by atoms with Gasteiger partial charge in [-0.2, -0.15) is 0 Å². The van der Waals surface area contributed by atoms with Crippen molar-refractivity contribution < 1.29 is 9.84 Å². The molecule has 5 nitrogen and oxygen atoms in total. The number of rotatable bonds is 5. The van der Waals surface area contributed by atoms with Crippen molar-refractivity contribution in [1.29, 1.82) is 0 Å². The van der Waals surface area contributed by atoms with E-state index in [4.69, 9.17) is 33.7 Å². The maximum atomic E-state index is 9.31. The lowest BCUT2D eigenvalue weighted by Crippen LogP contribution is -2.10. The van der Waals surface area contributed by atoms with E-state index in [0.29, 0.717) is 33.9 Å². The number of benzene rings is 2. The third-order valence-electron chi connectivity index (χ3n) is 3.45. The lowest BCUT2D eigenvalue weighted by molar-refractivity contribution is 0.260. The van der Waals surface area contributed by atoms with E-state index in [1.54, 1.807) is 24.3 Å². The summed E-state index contributed by atoms with van der Waals surface area (Å²) in [5.74, 6) is 1.18. The molecule has 3 rings (SSSR count). The second-order valence-electron chi connectivity index (χ2n) is 4.98. The molecular formula is C16H15Cl2N3O2. The molecular weight excluding hydrogens is 337 g/mol. The smallest absolute Gasteiger partial charge is 0.148 e. The van der Waals surface area contributed by atoms with Crippen LogP contribution >= 0.6 is 23.2 Å². The third kappa shape index (κ3) is 3.22. The van der Waals surface area contributed by atoms with Crippen LogP contribution in [0.5, 0.6) is 5.75 Å². The molecule has 3 N–H and O–H groups in total. The second-order valence-corrected chi connectivity index (χ2v) is 5.83. The average molecular weight is 352 g/mol. The SMILES string of the molecule is Nc1cccc2nc(COc3ccc(Cl)cc3Cl)n(CCO)c12. The van der Waals surface area contributed by atoms with Gasteiger partial charge in [0.1, 0.15) is 18.2 Å². The van der Waals surface area contributed by atoms with Crippen LogP contribution in [-0.4, -0.2) is 21.3 Å². The van der Waals surface area contributed by atoms with Gasteiger partial charge in [0.15, 0.2) is 0 Å². The number of hydrogen-bond acceptors (Lipinski definition) is 4. The Morgan fingerprint density at radius 3 is 2.78 bits per heavy atom. The molecule has 0 fully saturated rings. The van der Waals surface area contributed by atoms with Gasteiger partial charge in [-0.25, -0.2) is 4.98 Å². The monoisotopic (exact) mass is 351 g/mol. The normalized spacial score (nSPS) is 11.1. The average Bonchev–Trinajstić information content (AvgIpc) is 2.86. The Labute approximate surface area is 143 Å². The molecule has 0 atom stereocenters. The number of nitrogen functional groups attached to an aromatic ring is 1. The number of anilines is 1. The molecule has 0 unspecified atom stereocenters. The summed E-state index contributed by atoms with van der Waals surface area (Å²) in [6.07, 6.45) is 0. The molecule has 0 amide bonds. The zero-order chi connectivity index (χ0) is 16.4. The number of nitrogens with zero attached hydrogens (tertiary/aromatic N) is 2. The Balaban J connectivity index is 1.93. The number of fused-ring (bicyclic) bond motifs is 1. The highest BCUT2D eigenvalue weighted by atomic mass is 35.5. The quantitative estimate of drug-likeness (QED) is 0.690. The van der Waals surface area contributed by atoms with Crippen LogP contribution < -0.4 is 10.5 Å². The van der Waals surface area contributed by atoms with Gasteiger partial charge < -0.3 is 20.1 Å². The van der Waals surface area contributed by atoms with Crippen molar-refractivity contribution in [2.75, 3.05) is 12.3 Å². The standard InChI is InChI=1S/C16H15Cl2N3O2/c17-10-4-5-14(11(18)8-10)23-9-15-20-13-3-1-2-12(19)16(13)21(15)6-7-22/h1-5,8,22H,6-7,9,19H2. The summed E-state index contributed by atoms with van der Waals surface area (Å²) in [6.45, 7) is 0.571. The van der Waals surface area contributed by atoms with Gasteiger partial charge in [0.05, 0.1) is 28.4 Å². The topological polar surface area (TPSA) is 73.3 Å². The molecule has 2 aromatic carbocycles. The minimum atomic E-state index is -0.0193. The van der Waals surface area contributed by atoms with E-state index >= 15 is 0 Å². The third-order valence-corrected chi connectivity index (χ3v) is 3.98. The van der Waals surface area contributed by atoms with Gasteiger partial charge in [0.25, 0.3) is 0 Å². The van der Waals surface area contributed by atoms with Crippen LogP contribution in [0.4, 0.5) is 5.69 Å². The highest BCUT2D eigenvalue weighted by Crippen LogP contribution is 2.29. The van der Waals surface area contributed by atoms with Crippen molar-refractivity contribution in [1.82, 2.24) is 9.55 Å². The first-order valence-electron chi connectivity index (χ1n) is 7.02. The fourth-order valence-corrected chi connectivity index (χ4v) is 2.91. The Bertz CT molecular complexity index is 849. The van der Waals surface area contributed by atoms with Crippen LogP contribution in [-0.2, 0) is 13.2 Å². The second kappa shape index (κ2) is 6.66. The zero-order valence-electron chi connectivity index (χ0n) is 12.2. The Morgan fingerprint density at radius 2 is 2.04 bits per heavy atom. The van der Waals surface area contributed by atoms with E-state index < -0.39 is 0 Å². The number of aliphatic hydroxyl groups is 1. The summed E-state index contributed by atoms with van der Waals surface area (Å²) >= 11 is 12.0. The van der Waals surface area contributed by atoms with Gasteiger partial charge in [-0.05, 0) is 30.3 Å². The lowest BCUT2D eigenvalue weighted by Gasteiger charge is -2.11. The van der Waals surface area contributed by atoms with E-state index in [-0.39, 0.29) is 13.2 Å². The molecule has 3 aromatic rings. The van der Waals surface area contributed by atoms with Crippen molar-refractivity contribution in [2.45, 2.75) is 13.2 Å². The molecule has 1 heterocycles. The molecule has 0 saturated carbocycles. The number of ether oxygens (including phenoxy) is 1. The molecule has 120 valence electrons. The molecule has 0 bridgehead atoms. The first-order chi connectivity index (χ1) is 11.1. The lowest BCUT2D eigenvalue weighted by atomic mass is 10.3. The van der Waals surface area contributed by atoms with Gasteiger partial charge in [0, 0.05) is 11.6 Å². The van der Waals surface area contributed by atoms with Crippen LogP contribution in [0.1, 0.15) is 5.82 Å². The zero-order valence-corrected chi connectivity index (χ0v) is 13.7. The summed E-state index contributed by atoms with van der Waals surface area (Å²) in [7, 11) is 0. The number of imidazole rings is 1. The summed E-state index contributed by atoms with van der Waals surface area (Å²) in [5, 5.41) is 10.3. The minimum absolute atomic E-state index is 0.0193. The number of aliphatic hydroxyl groups excluding tert-OH is 1. The molecule has 0 aliphatic carbocycles. The Kier molecular flexibility index (Phi) is 4.61. The highest BCUT2D eigenvalue weighted by Gasteiger charge is 2.14. The maximum absolute atomic E-state index is 9.31. The molecule has 0 saturated heterocycles. The van der Waals surface area contributed by atoms with Gasteiger partial charge in [-0.3, -0.25) is 0 Å². The molecule has 1 aromatic heterocycles. The van der Waals surface area contributed by atoms with Crippen molar-refractivity contribution >= 4 is 39.9 Å². The van der Waals surface area contributed by atoms with E-state index in [1.807, 2.05) is 16.7 Å². The van der Waals surface area contributed by atoms with Crippen molar-refractivity contribution in [3.63, 3.8) is 0 Å². The van der Waals surface area contributed by atoms with Crippen LogP contribution in [0.2, 0.25) is 10.0 Å². The van der Waals surface area contributed by atoms with Gasteiger partial charge in [0.2, 0.25) is 0 Å². The molecule has 7 heteroatoms. The van der Waals surface area contributed by atoms with E-state index in [9.17, 15) is 5.11 Å².